The molecule has 0 aliphatic carbocycles. The Kier molecular flexibility index (Phi) is 10.5. The Morgan fingerprint density at radius 1 is 1.21 bits per heavy atom. The highest BCUT2D eigenvalue weighted by Crippen LogP contribution is 2.21. The van der Waals surface area contributed by atoms with E-state index in [-0.39, 0.29) is 5.91 Å². The normalized spacial score (nSPS) is 15.1. The first kappa shape index (κ1) is 23.2. The van der Waals surface area contributed by atoms with Gasteiger partial charge in [-0.15, -0.1) is 0 Å². The van der Waals surface area contributed by atoms with Crippen LogP contribution in [0.15, 0.2) is 29.3 Å². The van der Waals surface area contributed by atoms with Crippen LogP contribution in [0.3, 0.4) is 0 Å². The van der Waals surface area contributed by atoms with Gasteiger partial charge in [0.05, 0.1) is 6.54 Å². The maximum Gasteiger partial charge on any atom is 0.226 e. The van der Waals surface area contributed by atoms with Gasteiger partial charge < -0.3 is 25.2 Å². The number of anilines is 1. The van der Waals surface area contributed by atoms with Crippen LogP contribution in [-0.2, 0) is 16.1 Å². The van der Waals surface area contributed by atoms with Crippen LogP contribution >= 0.6 is 0 Å². The fraction of sp³-hybridized carbons (Fsp3) is 0.636. The number of rotatable bonds is 11. The van der Waals surface area contributed by atoms with Crippen LogP contribution in [-0.4, -0.2) is 70.3 Å². The maximum absolute atomic E-state index is 12.1. The van der Waals surface area contributed by atoms with Crippen LogP contribution in [0.2, 0.25) is 0 Å². The molecule has 0 spiro atoms. The highest BCUT2D eigenvalue weighted by atomic mass is 16.5. The molecular formula is C22H37N5O2. The van der Waals surface area contributed by atoms with Crippen molar-refractivity contribution in [3.63, 3.8) is 0 Å². The van der Waals surface area contributed by atoms with E-state index >= 15 is 0 Å². The molecule has 0 aromatic heterocycles. The number of likely N-dealkylation sites (N-methyl/N-ethyl adjacent to an activating group) is 1. The number of nitrogens with zero attached hydrogens (tertiary/aromatic N) is 3. The number of benzene rings is 1. The van der Waals surface area contributed by atoms with Crippen molar-refractivity contribution in [2.75, 3.05) is 58.4 Å². The van der Waals surface area contributed by atoms with Crippen LogP contribution in [0, 0.1) is 0 Å². The van der Waals surface area contributed by atoms with Gasteiger partial charge in [0.1, 0.15) is 0 Å². The number of piperidine rings is 1. The summed E-state index contributed by atoms with van der Waals surface area (Å²) in [5.74, 6) is 1.06. The van der Waals surface area contributed by atoms with E-state index < -0.39 is 0 Å². The molecule has 7 heteroatoms. The third kappa shape index (κ3) is 8.41. The summed E-state index contributed by atoms with van der Waals surface area (Å²) in [5.41, 5.74) is 2.12. The molecule has 1 aliphatic heterocycles. The van der Waals surface area contributed by atoms with Crippen molar-refractivity contribution >= 4 is 17.6 Å². The number of ether oxygens (including phenoxy) is 1. The lowest BCUT2D eigenvalue weighted by molar-refractivity contribution is -0.119. The summed E-state index contributed by atoms with van der Waals surface area (Å²) in [5, 5.41) is 6.69. The van der Waals surface area contributed by atoms with Crippen molar-refractivity contribution in [1.29, 1.82) is 0 Å². The minimum atomic E-state index is 0.229. The SMILES string of the molecule is CCNC(=NCc1ccc(N2CCCCC2=O)cc1)NCCN(C)CCCOC. The van der Waals surface area contributed by atoms with Crippen LogP contribution in [0.5, 0.6) is 0 Å². The standard InChI is InChI=1S/C22H37N5O2/c1-4-23-22(24-13-16-26(2)14-7-17-29-3)25-18-19-9-11-20(12-10-19)27-15-6-5-8-21(27)28/h9-12H,4-8,13-18H2,1-3H3,(H2,23,24,25). The zero-order chi connectivity index (χ0) is 20.9. The average Bonchev–Trinajstić information content (AvgIpc) is 2.73. The number of hydrogen-bond acceptors (Lipinski definition) is 4. The van der Waals surface area contributed by atoms with Crippen molar-refractivity contribution in [2.45, 2.75) is 39.2 Å². The van der Waals surface area contributed by atoms with E-state index in [1.807, 2.05) is 17.0 Å². The van der Waals surface area contributed by atoms with Gasteiger partial charge in [-0.1, -0.05) is 12.1 Å². The summed E-state index contributed by atoms with van der Waals surface area (Å²) in [6, 6.07) is 8.19. The topological polar surface area (TPSA) is 69.2 Å². The summed E-state index contributed by atoms with van der Waals surface area (Å²) in [6.07, 6.45) is 3.79. The monoisotopic (exact) mass is 403 g/mol. The van der Waals surface area contributed by atoms with E-state index in [0.717, 1.165) is 75.8 Å². The lowest BCUT2D eigenvalue weighted by Crippen LogP contribution is -2.41. The molecule has 0 bridgehead atoms. The van der Waals surface area contributed by atoms with Gasteiger partial charge in [0.25, 0.3) is 0 Å². The molecule has 162 valence electrons. The first-order valence-corrected chi connectivity index (χ1v) is 10.7. The number of guanidine groups is 1. The molecule has 2 rings (SSSR count). The molecule has 1 aromatic carbocycles. The first-order chi connectivity index (χ1) is 14.1. The Bertz CT molecular complexity index is 633. The van der Waals surface area contributed by atoms with E-state index in [9.17, 15) is 4.79 Å². The number of amides is 1. The molecule has 0 saturated carbocycles. The molecule has 0 atom stereocenters. The molecular weight excluding hydrogens is 366 g/mol. The molecule has 0 unspecified atom stereocenters. The average molecular weight is 404 g/mol. The van der Waals surface area contributed by atoms with Gasteiger partial charge in [0, 0.05) is 58.5 Å². The highest BCUT2D eigenvalue weighted by Gasteiger charge is 2.19. The second-order valence-corrected chi connectivity index (χ2v) is 7.44. The van der Waals surface area contributed by atoms with Gasteiger partial charge in [-0.3, -0.25) is 4.79 Å². The summed E-state index contributed by atoms with van der Waals surface area (Å²) in [7, 11) is 3.86. The Hall–Kier alpha value is -2.12. The molecule has 1 heterocycles. The third-order valence-corrected chi connectivity index (χ3v) is 5.01. The number of carbonyl (C=O) groups is 1. The van der Waals surface area contributed by atoms with Crippen LogP contribution in [0.1, 0.15) is 38.2 Å². The lowest BCUT2D eigenvalue weighted by atomic mass is 10.1. The van der Waals surface area contributed by atoms with E-state index in [0.29, 0.717) is 13.0 Å². The Labute approximate surface area is 175 Å². The summed E-state index contributed by atoms with van der Waals surface area (Å²) < 4.78 is 5.10. The van der Waals surface area contributed by atoms with E-state index in [1.165, 1.54) is 0 Å². The summed E-state index contributed by atoms with van der Waals surface area (Å²) >= 11 is 0. The second kappa shape index (κ2) is 13.2. The van der Waals surface area contributed by atoms with Crippen molar-refractivity contribution in [2.24, 2.45) is 4.99 Å². The predicted octanol–water partition coefficient (Wildman–Crippen LogP) is 2.23. The molecule has 1 saturated heterocycles. The summed E-state index contributed by atoms with van der Waals surface area (Å²) in [4.78, 5) is 20.9. The maximum atomic E-state index is 12.1. The fourth-order valence-electron chi connectivity index (χ4n) is 3.33. The van der Waals surface area contributed by atoms with Crippen LogP contribution in [0.4, 0.5) is 5.69 Å². The van der Waals surface area contributed by atoms with Gasteiger partial charge in [0.2, 0.25) is 5.91 Å². The number of nitrogens with one attached hydrogen (secondary N) is 2. The smallest absolute Gasteiger partial charge is 0.226 e. The second-order valence-electron chi connectivity index (χ2n) is 7.44. The molecule has 1 amide bonds. The molecule has 29 heavy (non-hydrogen) atoms. The lowest BCUT2D eigenvalue weighted by Gasteiger charge is -2.26. The van der Waals surface area contributed by atoms with Gasteiger partial charge in [-0.05, 0) is 50.9 Å². The molecule has 0 radical (unpaired) electrons. The van der Waals surface area contributed by atoms with E-state index in [1.54, 1.807) is 7.11 Å². The van der Waals surface area contributed by atoms with Gasteiger partial charge >= 0.3 is 0 Å². The Morgan fingerprint density at radius 2 is 2.00 bits per heavy atom. The summed E-state index contributed by atoms with van der Waals surface area (Å²) in [6.45, 7) is 7.93. The van der Waals surface area contributed by atoms with Crippen molar-refractivity contribution in [3.8, 4) is 0 Å². The van der Waals surface area contributed by atoms with Gasteiger partial charge in [-0.2, -0.15) is 0 Å². The minimum Gasteiger partial charge on any atom is -0.385 e. The van der Waals surface area contributed by atoms with E-state index in [4.69, 9.17) is 4.74 Å². The molecule has 1 fully saturated rings. The Morgan fingerprint density at radius 3 is 2.69 bits per heavy atom. The number of carbonyl (C=O) groups excluding carboxylic acids is 1. The minimum absolute atomic E-state index is 0.229. The molecule has 2 N–H and O–H groups in total. The quantitative estimate of drug-likeness (QED) is 0.337. The fourth-order valence-corrected chi connectivity index (χ4v) is 3.33. The first-order valence-electron chi connectivity index (χ1n) is 10.7. The van der Waals surface area contributed by atoms with Gasteiger partial charge in [0.15, 0.2) is 5.96 Å². The van der Waals surface area contributed by atoms with Crippen LogP contribution < -0.4 is 15.5 Å². The van der Waals surface area contributed by atoms with Gasteiger partial charge in [-0.25, -0.2) is 4.99 Å². The van der Waals surface area contributed by atoms with E-state index in [2.05, 4.69) is 46.6 Å². The zero-order valence-corrected chi connectivity index (χ0v) is 18.2. The third-order valence-electron chi connectivity index (χ3n) is 5.01. The largest absolute Gasteiger partial charge is 0.385 e. The predicted molar refractivity (Wildman–Crippen MR) is 119 cm³/mol. The Balaban J connectivity index is 1.81. The van der Waals surface area contributed by atoms with Crippen LogP contribution in [0.25, 0.3) is 0 Å². The van der Waals surface area contributed by atoms with Crippen molar-refractivity contribution in [1.82, 2.24) is 15.5 Å². The molecule has 7 nitrogen and oxygen atoms in total. The number of methoxy groups -OCH3 is 1. The van der Waals surface area contributed by atoms with Crippen molar-refractivity contribution < 1.29 is 9.53 Å². The number of hydrogen-bond donors (Lipinski definition) is 2. The number of aliphatic imine (C=N–C) groups is 1. The van der Waals surface area contributed by atoms with Crippen molar-refractivity contribution in [3.05, 3.63) is 29.8 Å². The zero-order valence-electron chi connectivity index (χ0n) is 18.2. The molecule has 1 aromatic rings. The molecule has 1 aliphatic rings. The highest BCUT2D eigenvalue weighted by molar-refractivity contribution is 5.93.